The molecule has 0 bridgehead atoms. The molecule has 2 aromatic rings. The molecule has 0 unspecified atom stereocenters. The quantitative estimate of drug-likeness (QED) is 0.722. The van der Waals surface area contributed by atoms with Crippen LogP contribution in [-0.4, -0.2) is 31.1 Å². The van der Waals surface area contributed by atoms with E-state index < -0.39 is 5.97 Å². The van der Waals surface area contributed by atoms with Gasteiger partial charge < -0.3 is 4.74 Å². The van der Waals surface area contributed by atoms with Crippen molar-refractivity contribution in [3.05, 3.63) is 69.2 Å². The standard InChI is InChI=1S/C20H18Cl2N2O2/c1-26-20(25)16-8-19(22)18(21)7-15(16)17-12-24(11-14(17)9-23)10-13-5-3-2-4-6-13/h2-8,14,17H,10-12H2,1H3/t14-,17-/m0/s1. The van der Waals surface area contributed by atoms with Gasteiger partial charge in [0.25, 0.3) is 0 Å². The maximum absolute atomic E-state index is 12.2. The minimum atomic E-state index is -0.475. The molecule has 1 aliphatic heterocycles. The topological polar surface area (TPSA) is 53.3 Å². The third-order valence-corrected chi connectivity index (χ3v) is 5.43. The fourth-order valence-corrected chi connectivity index (χ4v) is 3.79. The number of esters is 1. The van der Waals surface area contributed by atoms with Gasteiger partial charge in [-0.05, 0) is 23.3 Å². The van der Waals surface area contributed by atoms with Crippen molar-refractivity contribution in [3.63, 3.8) is 0 Å². The highest BCUT2D eigenvalue weighted by Crippen LogP contribution is 2.38. The van der Waals surface area contributed by atoms with Crippen LogP contribution >= 0.6 is 23.2 Å². The number of hydrogen-bond donors (Lipinski definition) is 0. The zero-order valence-corrected chi connectivity index (χ0v) is 15.8. The van der Waals surface area contributed by atoms with E-state index in [2.05, 4.69) is 23.1 Å². The van der Waals surface area contributed by atoms with Gasteiger partial charge >= 0.3 is 5.97 Å². The Morgan fingerprint density at radius 2 is 1.92 bits per heavy atom. The summed E-state index contributed by atoms with van der Waals surface area (Å²) in [6.45, 7) is 2.05. The first kappa shape index (κ1) is 18.7. The Kier molecular flexibility index (Phi) is 5.83. The third kappa shape index (κ3) is 3.86. The molecule has 134 valence electrons. The molecular formula is C20H18Cl2N2O2. The number of halogens is 2. The Bertz CT molecular complexity index is 849. The molecule has 1 aliphatic rings. The molecule has 6 heteroatoms. The molecule has 26 heavy (non-hydrogen) atoms. The molecule has 0 N–H and O–H groups in total. The number of ether oxygens (including phenoxy) is 1. The van der Waals surface area contributed by atoms with Crippen molar-refractivity contribution in [2.45, 2.75) is 12.5 Å². The molecule has 1 fully saturated rings. The van der Waals surface area contributed by atoms with Gasteiger partial charge in [0.05, 0.1) is 34.7 Å². The zero-order chi connectivity index (χ0) is 18.7. The zero-order valence-electron chi connectivity index (χ0n) is 14.3. The Hall–Kier alpha value is -2.06. The van der Waals surface area contributed by atoms with Crippen molar-refractivity contribution in [1.82, 2.24) is 4.90 Å². The van der Waals surface area contributed by atoms with Gasteiger partial charge in [-0.1, -0.05) is 53.5 Å². The number of nitriles is 1. The van der Waals surface area contributed by atoms with Gasteiger partial charge in [0, 0.05) is 25.6 Å². The number of carbonyl (C=O) groups excluding carboxylic acids is 1. The summed E-state index contributed by atoms with van der Waals surface area (Å²) in [4.78, 5) is 14.4. The van der Waals surface area contributed by atoms with Gasteiger partial charge in [-0.15, -0.1) is 0 Å². The van der Waals surface area contributed by atoms with E-state index in [0.29, 0.717) is 34.3 Å². The molecule has 0 aliphatic carbocycles. The van der Waals surface area contributed by atoms with E-state index in [1.807, 2.05) is 18.2 Å². The molecule has 0 saturated carbocycles. The lowest BCUT2D eigenvalue weighted by Gasteiger charge is -2.19. The van der Waals surface area contributed by atoms with Crippen LogP contribution in [-0.2, 0) is 11.3 Å². The van der Waals surface area contributed by atoms with Crippen LogP contribution in [0.5, 0.6) is 0 Å². The maximum atomic E-state index is 12.2. The molecule has 1 saturated heterocycles. The number of benzene rings is 2. The van der Waals surface area contributed by atoms with Gasteiger partial charge in [0.2, 0.25) is 0 Å². The normalized spacial score (nSPS) is 19.9. The summed E-state index contributed by atoms with van der Waals surface area (Å²) < 4.78 is 4.89. The lowest BCUT2D eigenvalue weighted by molar-refractivity contribution is 0.0598. The number of carbonyl (C=O) groups is 1. The van der Waals surface area contributed by atoms with E-state index in [-0.39, 0.29) is 11.8 Å². The third-order valence-electron chi connectivity index (χ3n) is 4.71. The molecule has 2 atom stereocenters. The lowest BCUT2D eigenvalue weighted by Crippen LogP contribution is -2.20. The van der Waals surface area contributed by atoms with E-state index in [9.17, 15) is 10.1 Å². The highest BCUT2D eigenvalue weighted by molar-refractivity contribution is 6.42. The second-order valence-electron chi connectivity index (χ2n) is 6.37. The van der Waals surface area contributed by atoms with Crippen molar-refractivity contribution >= 4 is 29.2 Å². The first-order valence-corrected chi connectivity index (χ1v) is 9.02. The molecule has 0 radical (unpaired) electrons. The summed E-state index contributed by atoms with van der Waals surface area (Å²) in [7, 11) is 1.33. The van der Waals surface area contributed by atoms with E-state index in [4.69, 9.17) is 27.9 Å². The smallest absolute Gasteiger partial charge is 0.338 e. The van der Waals surface area contributed by atoms with Crippen molar-refractivity contribution in [1.29, 1.82) is 5.26 Å². The monoisotopic (exact) mass is 388 g/mol. The minimum absolute atomic E-state index is 0.132. The lowest BCUT2D eigenvalue weighted by atomic mass is 9.87. The van der Waals surface area contributed by atoms with E-state index >= 15 is 0 Å². The van der Waals surface area contributed by atoms with Crippen LogP contribution in [0.3, 0.4) is 0 Å². The molecule has 4 nitrogen and oxygen atoms in total. The molecule has 0 amide bonds. The number of nitrogens with zero attached hydrogens (tertiary/aromatic N) is 2. The molecular weight excluding hydrogens is 371 g/mol. The fourth-order valence-electron chi connectivity index (χ4n) is 3.46. The summed E-state index contributed by atoms with van der Waals surface area (Å²) in [5.74, 6) is -0.844. The predicted molar refractivity (Wildman–Crippen MR) is 101 cm³/mol. The summed E-state index contributed by atoms with van der Waals surface area (Å²) in [5.41, 5.74) is 2.27. The van der Waals surface area contributed by atoms with Gasteiger partial charge in [0.1, 0.15) is 0 Å². The summed E-state index contributed by atoms with van der Waals surface area (Å²) in [6.07, 6.45) is 0. The van der Waals surface area contributed by atoms with Crippen LogP contribution in [0.2, 0.25) is 10.0 Å². The largest absolute Gasteiger partial charge is 0.465 e. The number of hydrogen-bond acceptors (Lipinski definition) is 4. The fraction of sp³-hybridized carbons (Fsp3) is 0.300. The van der Waals surface area contributed by atoms with E-state index in [1.165, 1.54) is 18.7 Å². The van der Waals surface area contributed by atoms with Crippen molar-refractivity contribution < 1.29 is 9.53 Å². The molecule has 0 aromatic heterocycles. The molecule has 2 aromatic carbocycles. The average Bonchev–Trinajstić information content (AvgIpc) is 3.06. The van der Waals surface area contributed by atoms with Crippen molar-refractivity contribution in [2.75, 3.05) is 20.2 Å². The van der Waals surface area contributed by atoms with Crippen LogP contribution in [0.1, 0.15) is 27.4 Å². The van der Waals surface area contributed by atoms with Crippen molar-refractivity contribution in [2.24, 2.45) is 5.92 Å². The van der Waals surface area contributed by atoms with E-state index in [0.717, 1.165) is 6.54 Å². The van der Waals surface area contributed by atoms with Crippen LogP contribution in [0.4, 0.5) is 0 Å². The number of likely N-dealkylation sites (tertiary alicyclic amines) is 1. The number of methoxy groups -OCH3 is 1. The second-order valence-corrected chi connectivity index (χ2v) is 7.18. The summed E-state index contributed by atoms with van der Waals surface area (Å²) >= 11 is 12.3. The summed E-state index contributed by atoms with van der Waals surface area (Å²) in [5, 5.41) is 10.3. The van der Waals surface area contributed by atoms with E-state index in [1.54, 1.807) is 6.07 Å². The minimum Gasteiger partial charge on any atom is -0.465 e. The maximum Gasteiger partial charge on any atom is 0.338 e. The Morgan fingerprint density at radius 3 is 2.58 bits per heavy atom. The van der Waals surface area contributed by atoms with Gasteiger partial charge in [0.15, 0.2) is 0 Å². The Balaban J connectivity index is 1.91. The second kappa shape index (κ2) is 8.09. The highest BCUT2D eigenvalue weighted by Gasteiger charge is 2.36. The van der Waals surface area contributed by atoms with Crippen LogP contribution in [0.15, 0.2) is 42.5 Å². The highest BCUT2D eigenvalue weighted by atomic mass is 35.5. The predicted octanol–water partition coefficient (Wildman–Crippen LogP) is 4.52. The van der Waals surface area contributed by atoms with Gasteiger partial charge in [-0.2, -0.15) is 5.26 Å². The molecule has 0 spiro atoms. The van der Waals surface area contributed by atoms with Crippen LogP contribution < -0.4 is 0 Å². The van der Waals surface area contributed by atoms with Crippen LogP contribution in [0, 0.1) is 17.2 Å². The van der Waals surface area contributed by atoms with Crippen LogP contribution in [0.25, 0.3) is 0 Å². The number of rotatable bonds is 4. The first-order chi connectivity index (χ1) is 12.5. The molecule has 3 rings (SSSR count). The Morgan fingerprint density at radius 1 is 1.23 bits per heavy atom. The average molecular weight is 389 g/mol. The molecule has 1 heterocycles. The van der Waals surface area contributed by atoms with Crippen molar-refractivity contribution in [3.8, 4) is 6.07 Å². The SMILES string of the molecule is COC(=O)c1cc(Cl)c(Cl)cc1[C@H]1CN(Cc2ccccc2)C[C@@H]1C#N. The van der Waals surface area contributed by atoms with Gasteiger partial charge in [-0.25, -0.2) is 4.79 Å². The van der Waals surface area contributed by atoms with Gasteiger partial charge in [-0.3, -0.25) is 4.90 Å². The first-order valence-electron chi connectivity index (χ1n) is 8.26. The summed E-state index contributed by atoms with van der Waals surface area (Å²) in [6, 6.07) is 15.7. The Labute approximate surface area is 162 Å².